The van der Waals surface area contributed by atoms with Crippen molar-refractivity contribution in [3.63, 3.8) is 0 Å². The van der Waals surface area contributed by atoms with Gasteiger partial charge in [-0.1, -0.05) is 35.9 Å². The largest absolute Gasteiger partial charge is 0.438 e. The van der Waals surface area contributed by atoms with E-state index in [2.05, 4.69) is 10.3 Å². The van der Waals surface area contributed by atoms with E-state index < -0.39 is 22.6 Å². The van der Waals surface area contributed by atoms with Gasteiger partial charge in [-0.25, -0.2) is 4.68 Å². The third-order valence-electron chi connectivity index (χ3n) is 6.84. The molecule has 0 saturated heterocycles. The van der Waals surface area contributed by atoms with Crippen LogP contribution in [0.4, 0.5) is 5.69 Å². The summed E-state index contributed by atoms with van der Waals surface area (Å²) in [7, 11) is 1.69. The number of benzene rings is 2. The highest BCUT2D eigenvalue weighted by molar-refractivity contribution is 6.31. The fourth-order valence-corrected chi connectivity index (χ4v) is 4.59. The second-order valence-corrected chi connectivity index (χ2v) is 10.0. The minimum absolute atomic E-state index is 0.00426. The molecule has 5 rings (SSSR count). The van der Waals surface area contributed by atoms with Crippen LogP contribution in [0.2, 0.25) is 5.02 Å². The van der Waals surface area contributed by atoms with Gasteiger partial charge in [0.2, 0.25) is 5.88 Å². The number of anilines is 1. The first-order valence-corrected chi connectivity index (χ1v) is 13.2. The quantitative estimate of drug-likeness (QED) is 0.220. The Morgan fingerprint density at radius 2 is 1.76 bits per heavy atom. The van der Waals surface area contributed by atoms with Crippen molar-refractivity contribution in [2.45, 2.75) is 20.8 Å². The van der Waals surface area contributed by atoms with Crippen LogP contribution in [0.15, 0.2) is 82.0 Å². The van der Waals surface area contributed by atoms with Gasteiger partial charge in [-0.3, -0.25) is 23.5 Å². The fourth-order valence-electron chi connectivity index (χ4n) is 4.47. The number of hydrogen-bond donors (Lipinski definition) is 1. The van der Waals surface area contributed by atoms with Crippen LogP contribution < -0.4 is 21.2 Å². The third kappa shape index (κ3) is 5.09. The molecular weight excluding hydrogens is 556 g/mol. The number of amides is 1. The van der Waals surface area contributed by atoms with Crippen LogP contribution in [0.25, 0.3) is 17.4 Å². The van der Waals surface area contributed by atoms with Crippen LogP contribution in [-0.2, 0) is 11.8 Å². The second kappa shape index (κ2) is 11.2. The maximum Gasteiger partial charge on any atom is 0.295 e. The van der Waals surface area contributed by atoms with Crippen molar-refractivity contribution < 1.29 is 9.53 Å². The fraction of sp³-hybridized carbons (Fsp3) is 0.129. The number of nitriles is 1. The summed E-state index contributed by atoms with van der Waals surface area (Å²) in [5.74, 6) is -0.606. The highest BCUT2D eigenvalue weighted by Crippen LogP contribution is 2.28. The topological polar surface area (TPSA) is 123 Å². The van der Waals surface area contributed by atoms with Crippen LogP contribution in [0.1, 0.15) is 22.4 Å². The number of ether oxygens (including phenoxy) is 1. The monoisotopic (exact) mass is 580 g/mol. The summed E-state index contributed by atoms with van der Waals surface area (Å²) in [6.07, 6.45) is 2.66. The number of hydrogen-bond acceptors (Lipinski definition) is 6. The summed E-state index contributed by atoms with van der Waals surface area (Å²) in [5.41, 5.74) is 1.33. The Morgan fingerprint density at radius 1 is 1.02 bits per heavy atom. The molecule has 0 spiro atoms. The number of fused-ring (bicyclic) bond motifs is 1. The Labute approximate surface area is 245 Å². The van der Waals surface area contributed by atoms with Gasteiger partial charge in [0.05, 0.1) is 11.4 Å². The van der Waals surface area contributed by atoms with Gasteiger partial charge in [-0.05, 0) is 74.4 Å². The Balaban J connectivity index is 1.60. The standard InChI is InChI=1S/C31H25ClN6O4/c1-18-9-8-14-37-27(18)35-29(42-23-12-13-25(32)19(2)15-23)24(30(37)40)16-21(17-33)28(39)34-26-20(3)36(4)38(31(26)41)22-10-6-5-7-11-22/h5-16H,1-4H3,(H,34,39)/b21-16-. The molecule has 0 atom stereocenters. The molecule has 10 nitrogen and oxygen atoms in total. The SMILES string of the molecule is Cc1cc(Oc2nc3c(C)cccn3c(=O)c2/C=C(/C#N)C(=O)Nc2c(C)n(C)n(-c3ccccc3)c2=O)ccc1Cl. The third-order valence-corrected chi connectivity index (χ3v) is 7.26. The van der Waals surface area contributed by atoms with Gasteiger partial charge in [0.15, 0.2) is 0 Å². The lowest BCUT2D eigenvalue weighted by Crippen LogP contribution is -2.24. The summed E-state index contributed by atoms with van der Waals surface area (Å²) >= 11 is 6.16. The Hall–Kier alpha value is -5.40. The maximum atomic E-state index is 13.6. The summed E-state index contributed by atoms with van der Waals surface area (Å²) in [6, 6.07) is 19.2. The first-order chi connectivity index (χ1) is 20.1. The van der Waals surface area contributed by atoms with E-state index in [0.717, 1.165) is 17.2 Å². The molecule has 0 fully saturated rings. The summed E-state index contributed by atoms with van der Waals surface area (Å²) in [6.45, 7) is 5.28. The number of aryl methyl sites for hydroxylation is 2. The van der Waals surface area contributed by atoms with E-state index >= 15 is 0 Å². The molecule has 1 N–H and O–H groups in total. The molecule has 5 aromatic rings. The van der Waals surface area contributed by atoms with Gasteiger partial charge in [0, 0.05) is 18.3 Å². The molecule has 1 amide bonds. The van der Waals surface area contributed by atoms with Crippen molar-refractivity contribution >= 4 is 34.9 Å². The first-order valence-electron chi connectivity index (χ1n) is 12.8. The molecule has 11 heteroatoms. The van der Waals surface area contributed by atoms with E-state index in [1.54, 1.807) is 87.1 Å². The number of carbonyl (C=O) groups excluding carboxylic acids is 1. The van der Waals surface area contributed by atoms with Gasteiger partial charge in [-0.15, -0.1) is 0 Å². The summed E-state index contributed by atoms with van der Waals surface area (Å²) in [4.78, 5) is 44.8. The number of para-hydroxylation sites is 1. The predicted octanol–water partition coefficient (Wildman–Crippen LogP) is 5.10. The molecule has 0 aliphatic rings. The smallest absolute Gasteiger partial charge is 0.295 e. The highest BCUT2D eigenvalue weighted by atomic mass is 35.5. The zero-order chi connectivity index (χ0) is 30.1. The molecule has 2 aromatic carbocycles. The van der Waals surface area contributed by atoms with Crippen molar-refractivity contribution in [3.05, 3.63) is 121 Å². The van der Waals surface area contributed by atoms with Gasteiger partial charge in [0.25, 0.3) is 17.0 Å². The molecule has 0 unspecified atom stereocenters. The van der Waals surface area contributed by atoms with E-state index in [0.29, 0.717) is 27.8 Å². The molecule has 210 valence electrons. The minimum atomic E-state index is -0.870. The van der Waals surface area contributed by atoms with E-state index in [1.807, 2.05) is 12.1 Å². The van der Waals surface area contributed by atoms with Gasteiger partial charge in [-0.2, -0.15) is 10.2 Å². The molecule has 0 aliphatic heterocycles. The number of carbonyl (C=O) groups is 1. The van der Waals surface area contributed by atoms with E-state index in [9.17, 15) is 19.6 Å². The molecule has 0 aliphatic carbocycles. The van der Waals surface area contributed by atoms with E-state index in [1.165, 1.54) is 15.3 Å². The lowest BCUT2D eigenvalue weighted by atomic mass is 10.1. The average molecular weight is 581 g/mol. The van der Waals surface area contributed by atoms with Gasteiger partial charge >= 0.3 is 0 Å². The number of halogens is 1. The number of aromatic nitrogens is 4. The minimum Gasteiger partial charge on any atom is -0.438 e. The number of nitrogens with zero attached hydrogens (tertiary/aromatic N) is 5. The molecule has 0 saturated carbocycles. The normalized spacial score (nSPS) is 11.4. The molecule has 42 heavy (non-hydrogen) atoms. The summed E-state index contributed by atoms with van der Waals surface area (Å²) in [5, 5.41) is 13.1. The number of pyridine rings is 1. The van der Waals surface area contributed by atoms with Crippen LogP contribution in [0.5, 0.6) is 11.6 Å². The van der Waals surface area contributed by atoms with Gasteiger partial charge < -0.3 is 10.1 Å². The molecular formula is C31H25ClN6O4. The number of rotatable bonds is 6. The molecule has 0 radical (unpaired) electrons. The maximum absolute atomic E-state index is 13.6. The molecule has 3 aromatic heterocycles. The van der Waals surface area contributed by atoms with Crippen molar-refractivity contribution in [1.29, 1.82) is 5.26 Å². The zero-order valence-electron chi connectivity index (χ0n) is 23.2. The van der Waals surface area contributed by atoms with Gasteiger partial charge in [0.1, 0.15) is 34.3 Å². The lowest BCUT2D eigenvalue weighted by molar-refractivity contribution is -0.112. The van der Waals surface area contributed by atoms with Crippen LogP contribution in [-0.4, -0.2) is 24.7 Å². The predicted molar refractivity (Wildman–Crippen MR) is 160 cm³/mol. The Bertz CT molecular complexity index is 2070. The van der Waals surface area contributed by atoms with Crippen LogP contribution in [0, 0.1) is 32.1 Å². The Morgan fingerprint density at radius 3 is 2.45 bits per heavy atom. The summed E-state index contributed by atoms with van der Waals surface area (Å²) < 4.78 is 10.3. The zero-order valence-corrected chi connectivity index (χ0v) is 23.9. The van der Waals surface area contributed by atoms with Crippen LogP contribution in [0.3, 0.4) is 0 Å². The molecule has 0 bridgehead atoms. The van der Waals surface area contributed by atoms with E-state index in [-0.39, 0.29) is 17.1 Å². The van der Waals surface area contributed by atoms with E-state index in [4.69, 9.17) is 16.3 Å². The number of nitrogens with one attached hydrogen (secondary N) is 1. The van der Waals surface area contributed by atoms with Crippen molar-refractivity contribution in [3.8, 4) is 23.4 Å². The second-order valence-electron chi connectivity index (χ2n) is 9.59. The molecule has 3 heterocycles. The Kier molecular flexibility index (Phi) is 7.53. The average Bonchev–Trinajstić information content (AvgIpc) is 3.18. The van der Waals surface area contributed by atoms with Crippen LogP contribution >= 0.6 is 11.6 Å². The lowest BCUT2D eigenvalue weighted by Gasteiger charge is -2.12. The van der Waals surface area contributed by atoms with Crippen molar-refractivity contribution in [2.24, 2.45) is 7.05 Å². The van der Waals surface area contributed by atoms with Crippen molar-refractivity contribution in [2.75, 3.05) is 5.32 Å². The highest BCUT2D eigenvalue weighted by Gasteiger charge is 2.22. The van der Waals surface area contributed by atoms with Crippen molar-refractivity contribution in [1.82, 2.24) is 18.7 Å². The first kappa shape index (κ1) is 28.1.